The minimum Gasteiger partial charge on any atom is -0.465 e. The van der Waals surface area contributed by atoms with Gasteiger partial charge >= 0.3 is 5.97 Å². The first-order chi connectivity index (χ1) is 9.61. The van der Waals surface area contributed by atoms with Crippen molar-refractivity contribution in [1.82, 2.24) is 4.90 Å². The van der Waals surface area contributed by atoms with Gasteiger partial charge in [0, 0.05) is 12.2 Å². The number of amides is 2. The Morgan fingerprint density at radius 3 is 2.60 bits per heavy atom. The molecule has 0 bridgehead atoms. The number of nitrogens with zero attached hydrogens (tertiary/aromatic N) is 1. The van der Waals surface area contributed by atoms with Crippen molar-refractivity contribution >= 4 is 17.8 Å². The molecule has 5 heteroatoms. The summed E-state index contributed by atoms with van der Waals surface area (Å²) in [5, 5.41) is 0. The van der Waals surface area contributed by atoms with Gasteiger partial charge in [-0.25, -0.2) is 4.79 Å². The quantitative estimate of drug-likeness (QED) is 0.602. The first-order valence-corrected chi connectivity index (χ1v) is 6.38. The highest BCUT2D eigenvalue weighted by Gasteiger charge is 2.36. The Bertz CT molecular complexity index is 629. The Kier molecular flexibility index (Phi) is 2.89. The number of aryl methyl sites for hydroxylation is 1. The number of fused-ring (bicyclic) bond motifs is 1. The molecule has 102 valence electrons. The third-order valence-electron chi connectivity index (χ3n) is 3.77. The van der Waals surface area contributed by atoms with E-state index in [1.807, 2.05) is 0 Å². The maximum Gasteiger partial charge on any atom is 0.337 e. The molecular weight excluding hydrogens is 258 g/mol. The van der Waals surface area contributed by atoms with Crippen LogP contribution in [-0.4, -0.2) is 29.8 Å². The SMILES string of the molecule is COC(=O)c1ccc2c(c1)CC[C@@H]2N1C(=O)C=CC1=O. The summed E-state index contributed by atoms with van der Waals surface area (Å²) in [4.78, 5) is 36.3. The van der Waals surface area contributed by atoms with E-state index in [9.17, 15) is 14.4 Å². The van der Waals surface area contributed by atoms with Crippen LogP contribution in [0.15, 0.2) is 30.4 Å². The van der Waals surface area contributed by atoms with Gasteiger partial charge in [0.1, 0.15) is 0 Å². The fourth-order valence-electron chi connectivity index (χ4n) is 2.83. The summed E-state index contributed by atoms with van der Waals surface area (Å²) in [5.41, 5.74) is 2.41. The smallest absolute Gasteiger partial charge is 0.337 e. The van der Waals surface area contributed by atoms with Gasteiger partial charge in [-0.2, -0.15) is 0 Å². The summed E-state index contributed by atoms with van der Waals surface area (Å²) in [6, 6.07) is 5.02. The van der Waals surface area contributed by atoms with Crippen LogP contribution in [0.4, 0.5) is 0 Å². The molecule has 1 aliphatic heterocycles. The molecule has 1 atom stereocenters. The summed E-state index contributed by atoms with van der Waals surface area (Å²) in [6.45, 7) is 0. The predicted octanol–water partition coefficient (Wildman–Crippen LogP) is 1.39. The van der Waals surface area contributed by atoms with Crippen LogP contribution >= 0.6 is 0 Å². The lowest BCUT2D eigenvalue weighted by Gasteiger charge is -2.22. The average molecular weight is 271 g/mol. The monoisotopic (exact) mass is 271 g/mol. The highest BCUT2D eigenvalue weighted by Crippen LogP contribution is 2.37. The molecule has 1 heterocycles. The Hall–Kier alpha value is -2.43. The second-order valence-electron chi connectivity index (χ2n) is 4.84. The molecule has 20 heavy (non-hydrogen) atoms. The van der Waals surface area contributed by atoms with Gasteiger partial charge in [0.15, 0.2) is 0 Å². The zero-order chi connectivity index (χ0) is 14.3. The van der Waals surface area contributed by atoms with Crippen LogP contribution in [0.25, 0.3) is 0 Å². The zero-order valence-corrected chi connectivity index (χ0v) is 11.0. The standard InChI is InChI=1S/C15H13NO4/c1-20-15(19)10-2-4-11-9(8-10)3-5-12(11)16-13(17)6-7-14(16)18/h2,4,6-8,12H,3,5H2,1H3/t12-/m0/s1. The van der Waals surface area contributed by atoms with Crippen molar-refractivity contribution in [2.75, 3.05) is 7.11 Å². The molecule has 0 aromatic heterocycles. The number of esters is 1. The van der Waals surface area contributed by atoms with E-state index in [-0.39, 0.29) is 23.8 Å². The predicted molar refractivity (Wildman–Crippen MR) is 69.8 cm³/mol. The van der Waals surface area contributed by atoms with E-state index >= 15 is 0 Å². The molecule has 5 nitrogen and oxygen atoms in total. The lowest BCUT2D eigenvalue weighted by atomic mass is 10.0. The summed E-state index contributed by atoms with van der Waals surface area (Å²) >= 11 is 0. The van der Waals surface area contributed by atoms with E-state index in [1.165, 1.54) is 24.2 Å². The number of benzene rings is 1. The largest absolute Gasteiger partial charge is 0.465 e. The molecule has 0 saturated heterocycles. The molecule has 0 unspecified atom stereocenters. The van der Waals surface area contributed by atoms with Crippen molar-refractivity contribution in [2.24, 2.45) is 0 Å². The molecule has 1 aromatic rings. The van der Waals surface area contributed by atoms with Crippen LogP contribution in [0.2, 0.25) is 0 Å². The van der Waals surface area contributed by atoms with Gasteiger partial charge in [-0.3, -0.25) is 14.5 Å². The molecule has 0 fully saturated rings. The molecule has 1 aromatic carbocycles. The molecule has 1 aliphatic carbocycles. The highest BCUT2D eigenvalue weighted by atomic mass is 16.5. The van der Waals surface area contributed by atoms with Crippen molar-refractivity contribution in [2.45, 2.75) is 18.9 Å². The van der Waals surface area contributed by atoms with Gasteiger partial charge in [-0.15, -0.1) is 0 Å². The van der Waals surface area contributed by atoms with Crippen LogP contribution in [0.3, 0.4) is 0 Å². The maximum absolute atomic E-state index is 11.7. The van der Waals surface area contributed by atoms with Gasteiger partial charge in [0.25, 0.3) is 11.8 Å². The van der Waals surface area contributed by atoms with Gasteiger partial charge in [-0.1, -0.05) is 6.07 Å². The number of carbonyl (C=O) groups excluding carboxylic acids is 3. The lowest BCUT2D eigenvalue weighted by molar-refractivity contribution is -0.139. The lowest BCUT2D eigenvalue weighted by Crippen LogP contribution is -2.33. The van der Waals surface area contributed by atoms with Crippen molar-refractivity contribution < 1.29 is 19.1 Å². The number of hydrogen-bond donors (Lipinski definition) is 0. The van der Waals surface area contributed by atoms with Crippen molar-refractivity contribution in [3.63, 3.8) is 0 Å². The zero-order valence-electron chi connectivity index (χ0n) is 11.0. The number of methoxy groups -OCH3 is 1. The van der Waals surface area contributed by atoms with Gasteiger partial charge in [-0.05, 0) is 36.1 Å². The molecule has 2 amide bonds. The van der Waals surface area contributed by atoms with Crippen molar-refractivity contribution in [1.29, 1.82) is 0 Å². The topological polar surface area (TPSA) is 63.7 Å². The molecule has 0 N–H and O–H groups in total. The molecule has 0 spiro atoms. The number of imide groups is 1. The Morgan fingerprint density at radius 1 is 1.25 bits per heavy atom. The van der Waals surface area contributed by atoms with Crippen LogP contribution in [-0.2, 0) is 20.7 Å². The van der Waals surface area contributed by atoms with E-state index < -0.39 is 0 Å². The third kappa shape index (κ3) is 1.82. The average Bonchev–Trinajstić information content (AvgIpc) is 3.01. The second kappa shape index (κ2) is 4.59. The van der Waals surface area contributed by atoms with E-state index in [4.69, 9.17) is 0 Å². The Labute approximate surface area is 115 Å². The molecule has 2 aliphatic rings. The van der Waals surface area contributed by atoms with Crippen LogP contribution in [0, 0.1) is 0 Å². The molecule has 0 saturated carbocycles. The Balaban J connectivity index is 1.93. The summed E-state index contributed by atoms with van der Waals surface area (Å²) in [7, 11) is 1.34. The molecule has 0 radical (unpaired) electrons. The number of ether oxygens (including phenoxy) is 1. The van der Waals surface area contributed by atoms with Crippen LogP contribution < -0.4 is 0 Å². The van der Waals surface area contributed by atoms with Crippen molar-refractivity contribution in [3.8, 4) is 0 Å². The second-order valence-corrected chi connectivity index (χ2v) is 4.84. The highest BCUT2D eigenvalue weighted by molar-refractivity contribution is 6.13. The van der Waals surface area contributed by atoms with Gasteiger partial charge in [0.2, 0.25) is 0 Å². The van der Waals surface area contributed by atoms with E-state index in [2.05, 4.69) is 4.74 Å². The van der Waals surface area contributed by atoms with Crippen molar-refractivity contribution in [3.05, 3.63) is 47.0 Å². The summed E-state index contributed by atoms with van der Waals surface area (Å²) < 4.78 is 4.69. The number of hydrogen-bond acceptors (Lipinski definition) is 4. The fourth-order valence-corrected chi connectivity index (χ4v) is 2.83. The maximum atomic E-state index is 11.7. The summed E-state index contributed by atoms with van der Waals surface area (Å²) in [5.74, 6) is -0.930. The molecule has 3 rings (SSSR count). The molecular formula is C15H13NO4. The van der Waals surface area contributed by atoms with E-state index in [1.54, 1.807) is 18.2 Å². The third-order valence-corrected chi connectivity index (χ3v) is 3.77. The Morgan fingerprint density at radius 2 is 1.95 bits per heavy atom. The van der Waals surface area contributed by atoms with Crippen LogP contribution in [0.1, 0.15) is 33.9 Å². The fraction of sp³-hybridized carbons (Fsp3) is 0.267. The van der Waals surface area contributed by atoms with Gasteiger partial charge in [0.05, 0.1) is 18.7 Å². The first kappa shape index (κ1) is 12.6. The van der Waals surface area contributed by atoms with Crippen LogP contribution in [0.5, 0.6) is 0 Å². The minimum absolute atomic E-state index is 0.230. The van der Waals surface area contributed by atoms with E-state index in [0.29, 0.717) is 12.0 Å². The first-order valence-electron chi connectivity index (χ1n) is 6.38. The summed E-state index contributed by atoms with van der Waals surface area (Å²) in [6.07, 6.45) is 4.02. The minimum atomic E-state index is -0.383. The number of rotatable bonds is 2. The number of carbonyl (C=O) groups is 3. The normalized spacial score (nSPS) is 20.4. The van der Waals surface area contributed by atoms with Gasteiger partial charge < -0.3 is 4.74 Å². The van der Waals surface area contributed by atoms with E-state index in [0.717, 1.165) is 17.5 Å².